The summed E-state index contributed by atoms with van der Waals surface area (Å²) in [6.45, 7) is 0.115. The Morgan fingerprint density at radius 2 is 2.50 bits per heavy atom. The Hall–Kier alpha value is -0.740. The lowest BCUT2D eigenvalue weighted by atomic mass is 10.4. The summed E-state index contributed by atoms with van der Waals surface area (Å²) in [5.74, 6) is -1.07. The van der Waals surface area contributed by atoms with Crippen LogP contribution < -0.4 is 0 Å². The zero-order valence-electron chi connectivity index (χ0n) is 5.94. The number of carboxylic acids is 1. The molecule has 6 heteroatoms. The molecule has 1 unspecified atom stereocenters. The van der Waals surface area contributed by atoms with Crippen molar-refractivity contribution in [3.8, 4) is 0 Å². The highest BCUT2D eigenvalue weighted by atomic mass is 35.5. The SMILES string of the molecule is O=C(O)C(Cl)Cn1cc(Cl)cn1. The number of rotatable bonds is 3. The molecule has 0 saturated heterocycles. The first-order chi connectivity index (χ1) is 5.59. The van der Waals surface area contributed by atoms with Crippen molar-refractivity contribution >= 4 is 29.2 Å². The number of nitrogens with zero attached hydrogens (tertiary/aromatic N) is 2. The van der Waals surface area contributed by atoms with E-state index in [-0.39, 0.29) is 6.54 Å². The predicted octanol–water partition coefficient (Wildman–Crippen LogP) is 1.23. The normalized spacial score (nSPS) is 12.8. The van der Waals surface area contributed by atoms with Crippen LogP contribution in [0.5, 0.6) is 0 Å². The van der Waals surface area contributed by atoms with E-state index in [4.69, 9.17) is 28.3 Å². The topological polar surface area (TPSA) is 55.1 Å². The number of halogens is 2. The Kier molecular flexibility index (Phi) is 2.94. The summed E-state index contributed by atoms with van der Waals surface area (Å²) in [5, 5.41) is 11.7. The number of aromatic nitrogens is 2. The summed E-state index contributed by atoms with van der Waals surface area (Å²) in [6, 6.07) is 0. The van der Waals surface area contributed by atoms with Crippen LogP contribution in [0.25, 0.3) is 0 Å². The van der Waals surface area contributed by atoms with Gasteiger partial charge in [-0.15, -0.1) is 11.6 Å². The van der Waals surface area contributed by atoms with Gasteiger partial charge in [-0.3, -0.25) is 9.48 Å². The van der Waals surface area contributed by atoms with E-state index in [1.165, 1.54) is 17.1 Å². The lowest BCUT2D eigenvalue weighted by molar-refractivity contribution is -0.136. The van der Waals surface area contributed by atoms with Gasteiger partial charge in [-0.1, -0.05) is 11.6 Å². The fourth-order valence-electron chi connectivity index (χ4n) is 0.681. The molecule has 1 aromatic heterocycles. The van der Waals surface area contributed by atoms with Crippen LogP contribution in [-0.2, 0) is 11.3 Å². The van der Waals surface area contributed by atoms with Gasteiger partial charge in [-0.25, -0.2) is 0 Å². The van der Waals surface area contributed by atoms with Crippen LogP contribution in [0.4, 0.5) is 0 Å². The van der Waals surface area contributed by atoms with E-state index in [1.807, 2.05) is 0 Å². The summed E-state index contributed by atoms with van der Waals surface area (Å²) in [4.78, 5) is 10.3. The molecule has 0 fully saturated rings. The molecular weight excluding hydrogens is 203 g/mol. The first-order valence-electron chi connectivity index (χ1n) is 3.14. The van der Waals surface area contributed by atoms with E-state index in [2.05, 4.69) is 5.10 Å². The van der Waals surface area contributed by atoms with Crippen LogP contribution in [-0.4, -0.2) is 26.2 Å². The highest BCUT2D eigenvalue weighted by Gasteiger charge is 2.14. The first-order valence-corrected chi connectivity index (χ1v) is 3.96. The second-order valence-electron chi connectivity index (χ2n) is 2.19. The number of aliphatic carboxylic acids is 1. The van der Waals surface area contributed by atoms with E-state index >= 15 is 0 Å². The maximum atomic E-state index is 10.3. The quantitative estimate of drug-likeness (QED) is 0.761. The molecular formula is C6H6Cl2N2O2. The molecule has 0 amide bonds. The molecule has 1 aromatic rings. The molecule has 0 saturated carbocycles. The largest absolute Gasteiger partial charge is 0.480 e. The van der Waals surface area contributed by atoms with Crippen molar-refractivity contribution in [3.63, 3.8) is 0 Å². The van der Waals surface area contributed by atoms with Gasteiger partial charge in [-0.2, -0.15) is 5.10 Å². The van der Waals surface area contributed by atoms with Crippen molar-refractivity contribution < 1.29 is 9.90 Å². The van der Waals surface area contributed by atoms with Crippen molar-refractivity contribution in [2.45, 2.75) is 11.9 Å². The summed E-state index contributed by atoms with van der Waals surface area (Å²) >= 11 is 11.0. The highest BCUT2D eigenvalue weighted by Crippen LogP contribution is 2.07. The third-order valence-corrected chi connectivity index (χ3v) is 1.74. The average molecular weight is 209 g/mol. The molecule has 0 bridgehead atoms. The van der Waals surface area contributed by atoms with E-state index < -0.39 is 11.3 Å². The minimum Gasteiger partial charge on any atom is -0.480 e. The highest BCUT2D eigenvalue weighted by molar-refractivity contribution is 6.30. The van der Waals surface area contributed by atoms with Crippen molar-refractivity contribution in [3.05, 3.63) is 17.4 Å². The molecule has 0 aromatic carbocycles. The van der Waals surface area contributed by atoms with Crippen LogP contribution in [0.2, 0.25) is 5.02 Å². The lowest BCUT2D eigenvalue weighted by Crippen LogP contribution is -2.20. The Morgan fingerprint density at radius 1 is 1.83 bits per heavy atom. The Balaban J connectivity index is 2.58. The zero-order valence-corrected chi connectivity index (χ0v) is 7.46. The van der Waals surface area contributed by atoms with Gasteiger partial charge in [0, 0.05) is 6.20 Å². The number of carbonyl (C=O) groups is 1. The maximum Gasteiger partial charge on any atom is 0.323 e. The van der Waals surface area contributed by atoms with Gasteiger partial charge in [0.25, 0.3) is 0 Å². The Morgan fingerprint density at radius 3 is 2.92 bits per heavy atom. The van der Waals surface area contributed by atoms with Crippen molar-refractivity contribution in [1.29, 1.82) is 0 Å². The van der Waals surface area contributed by atoms with Crippen molar-refractivity contribution in [1.82, 2.24) is 9.78 Å². The van der Waals surface area contributed by atoms with Gasteiger partial charge >= 0.3 is 5.97 Å². The van der Waals surface area contributed by atoms with Gasteiger partial charge < -0.3 is 5.11 Å². The molecule has 0 aliphatic heterocycles. The third-order valence-electron chi connectivity index (χ3n) is 1.22. The fourth-order valence-corrected chi connectivity index (χ4v) is 0.978. The van der Waals surface area contributed by atoms with Gasteiger partial charge in [0.2, 0.25) is 0 Å². The van der Waals surface area contributed by atoms with Crippen LogP contribution >= 0.6 is 23.2 Å². The minimum absolute atomic E-state index is 0.115. The van der Waals surface area contributed by atoms with E-state index in [9.17, 15) is 4.79 Å². The second kappa shape index (κ2) is 3.78. The average Bonchev–Trinajstić information content (AvgIpc) is 2.35. The summed E-state index contributed by atoms with van der Waals surface area (Å²) in [6.07, 6.45) is 2.94. The monoisotopic (exact) mass is 208 g/mol. The minimum atomic E-state index is -1.07. The number of hydrogen-bond acceptors (Lipinski definition) is 2. The van der Waals surface area contributed by atoms with Gasteiger partial charge in [0.05, 0.1) is 17.8 Å². The molecule has 1 N–H and O–H groups in total. The molecule has 1 atom stereocenters. The van der Waals surface area contributed by atoms with Crippen LogP contribution in [0, 0.1) is 0 Å². The molecule has 0 aliphatic rings. The Bertz CT molecular complexity index is 287. The van der Waals surface area contributed by atoms with Crippen molar-refractivity contribution in [2.75, 3.05) is 0 Å². The standard InChI is InChI=1S/C6H6Cl2N2O2/c7-4-1-9-10(2-4)3-5(8)6(11)12/h1-2,5H,3H2,(H,11,12). The summed E-state index contributed by atoms with van der Waals surface area (Å²) in [5.41, 5.74) is 0. The Labute approximate surface area is 78.7 Å². The molecule has 12 heavy (non-hydrogen) atoms. The number of alkyl halides is 1. The van der Waals surface area contributed by atoms with E-state index in [1.54, 1.807) is 0 Å². The smallest absolute Gasteiger partial charge is 0.323 e. The fraction of sp³-hybridized carbons (Fsp3) is 0.333. The zero-order chi connectivity index (χ0) is 9.14. The second-order valence-corrected chi connectivity index (χ2v) is 3.15. The lowest BCUT2D eigenvalue weighted by Gasteiger charge is -2.02. The maximum absolute atomic E-state index is 10.3. The van der Waals surface area contributed by atoms with Crippen LogP contribution in [0.3, 0.4) is 0 Å². The van der Waals surface area contributed by atoms with Gasteiger partial charge in [-0.05, 0) is 0 Å². The number of hydrogen-bond donors (Lipinski definition) is 1. The van der Waals surface area contributed by atoms with Crippen LogP contribution in [0.15, 0.2) is 12.4 Å². The van der Waals surface area contributed by atoms with Gasteiger partial charge in [0.15, 0.2) is 5.38 Å². The molecule has 0 aliphatic carbocycles. The van der Waals surface area contributed by atoms with Gasteiger partial charge in [0.1, 0.15) is 0 Å². The molecule has 66 valence electrons. The van der Waals surface area contributed by atoms with Crippen molar-refractivity contribution in [2.24, 2.45) is 0 Å². The molecule has 0 spiro atoms. The summed E-state index contributed by atoms with van der Waals surface area (Å²) < 4.78 is 1.38. The third kappa shape index (κ3) is 2.39. The van der Waals surface area contributed by atoms with E-state index in [0.717, 1.165) is 0 Å². The number of carboxylic acid groups (broad SMARTS) is 1. The van der Waals surface area contributed by atoms with E-state index in [0.29, 0.717) is 5.02 Å². The molecule has 0 radical (unpaired) electrons. The van der Waals surface area contributed by atoms with Crippen LogP contribution in [0.1, 0.15) is 0 Å². The molecule has 4 nitrogen and oxygen atoms in total. The summed E-state index contributed by atoms with van der Waals surface area (Å²) in [7, 11) is 0. The molecule has 1 rings (SSSR count). The first kappa shape index (κ1) is 9.35. The predicted molar refractivity (Wildman–Crippen MR) is 44.5 cm³/mol. The molecule has 1 heterocycles.